The Bertz CT molecular complexity index is 1070. The van der Waals surface area contributed by atoms with E-state index in [1.807, 2.05) is 0 Å². The van der Waals surface area contributed by atoms with Gasteiger partial charge in [0.25, 0.3) is 0 Å². The minimum atomic E-state index is -4.61. The van der Waals surface area contributed by atoms with Crippen LogP contribution in [0.4, 0.5) is 50.6 Å². The van der Waals surface area contributed by atoms with Crippen LogP contribution < -0.4 is 10.6 Å². The predicted molar refractivity (Wildman–Crippen MR) is 93.1 cm³/mol. The quantitative estimate of drug-likeness (QED) is 0.342. The Morgan fingerprint density at radius 2 is 1.66 bits per heavy atom. The van der Waals surface area contributed by atoms with Crippen molar-refractivity contribution in [2.45, 2.75) is 6.18 Å². The number of hydrogen-bond acceptors (Lipinski definition) is 6. The van der Waals surface area contributed by atoms with Crippen LogP contribution in [0, 0.1) is 21.7 Å². The molecule has 12 heteroatoms. The van der Waals surface area contributed by atoms with Crippen molar-refractivity contribution in [1.29, 1.82) is 0 Å². The zero-order valence-corrected chi connectivity index (χ0v) is 14.2. The second-order valence-electron chi connectivity index (χ2n) is 5.63. The normalized spacial score (nSPS) is 11.2. The molecule has 3 rings (SSSR count). The van der Waals surface area contributed by atoms with Gasteiger partial charge in [0.2, 0.25) is 11.6 Å². The van der Waals surface area contributed by atoms with E-state index in [9.17, 15) is 32.1 Å². The lowest BCUT2D eigenvalue weighted by atomic mass is 10.2. The minimum absolute atomic E-state index is 0.121. The first-order valence-electron chi connectivity index (χ1n) is 7.81. The van der Waals surface area contributed by atoms with Gasteiger partial charge < -0.3 is 10.6 Å². The lowest BCUT2D eigenvalue weighted by Crippen LogP contribution is -2.08. The maximum Gasteiger partial charge on any atom is 0.416 e. The molecule has 0 amide bonds. The van der Waals surface area contributed by atoms with Crippen molar-refractivity contribution >= 4 is 28.7 Å². The van der Waals surface area contributed by atoms with Crippen LogP contribution in [0.25, 0.3) is 0 Å². The molecule has 0 aliphatic heterocycles. The zero-order valence-electron chi connectivity index (χ0n) is 14.2. The van der Waals surface area contributed by atoms with Gasteiger partial charge in [0.1, 0.15) is 18.0 Å². The Labute approximate surface area is 159 Å². The molecule has 1 heterocycles. The van der Waals surface area contributed by atoms with Gasteiger partial charge in [-0.05, 0) is 30.3 Å². The van der Waals surface area contributed by atoms with E-state index < -0.39 is 51.3 Å². The van der Waals surface area contributed by atoms with E-state index in [0.29, 0.717) is 0 Å². The molecule has 0 atom stereocenters. The highest BCUT2D eigenvalue weighted by molar-refractivity contribution is 5.77. The Kier molecular flexibility index (Phi) is 5.26. The maximum absolute atomic E-state index is 13.8. The van der Waals surface area contributed by atoms with Gasteiger partial charge in [-0.25, -0.2) is 18.7 Å². The Balaban J connectivity index is 2.00. The molecule has 2 aromatic carbocycles. The van der Waals surface area contributed by atoms with Crippen molar-refractivity contribution in [1.82, 2.24) is 9.97 Å². The molecule has 7 nitrogen and oxygen atoms in total. The molecule has 0 bridgehead atoms. The molecule has 0 unspecified atom stereocenters. The van der Waals surface area contributed by atoms with Gasteiger partial charge in [-0.1, -0.05) is 6.07 Å². The van der Waals surface area contributed by atoms with Crippen LogP contribution in [0.5, 0.6) is 0 Å². The van der Waals surface area contributed by atoms with Crippen LogP contribution in [-0.2, 0) is 6.18 Å². The molecular formula is C17H10F5N5O2. The van der Waals surface area contributed by atoms with E-state index in [1.165, 1.54) is 6.07 Å². The molecule has 0 aliphatic rings. The summed E-state index contributed by atoms with van der Waals surface area (Å²) < 4.78 is 65.7. The number of anilines is 4. The van der Waals surface area contributed by atoms with E-state index in [4.69, 9.17) is 0 Å². The van der Waals surface area contributed by atoms with Crippen molar-refractivity contribution in [3.05, 3.63) is 76.1 Å². The highest BCUT2D eigenvalue weighted by Crippen LogP contribution is 2.35. The molecule has 3 aromatic rings. The van der Waals surface area contributed by atoms with Crippen molar-refractivity contribution in [3.8, 4) is 0 Å². The third kappa shape index (κ3) is 4.54. The lowest BCUT2D eigenvalue weighted by Gasteiger charge is -2.12. The summed E-state index contributed by atoms with van der Waals surface area (Å²) in [5, 5.41) is 16.2. The summed E-state index contributed by atoms with van der Waals surface area (Å²) >= 11 is 0. The average Bonchev–Trinajstić information content (AvgIpc) is 2.64. The van der Waals surface area contributed by atoms with E-state index in [0.717, 1.165) is 42.7 Å². The third-order valence-corrected chi connectivity index (χ3v) is 3.64. The molecule has 1 aromatic heterocycles. The summed E-state index contributed by atoms with van der Waals surface area (Å²) in [5.74, 6) is -2.62. The number of aromatic nitrogens is 2. The Morgan fingerprint density at radius 1 is 0.966 bits per heavy atom. The zero-order chi connectivity index (χ0) is 21.2. The molecule has 29 heavy (non-hydrogen) atoms. The smallest absolute Gasteiger partial charge is 0.334 e. The Morgan fingerprint density at radius 3 is 2.31 bits per heavy atom. The summed E-state index contributed by atoms with van der Waals surface area (Å²) in [4.78, 5) is 17.9. The summed E-state index contributed by atoms with van der Waals surface area (Å²) in [5.41, 5.74) is -2.28. The fourth-order valence-corrected chi connectivity index (χ4v) is 2.37. The first kappa shape index (κ1) is 19.9. The largest absolute Gasteiger partial charge is 0.416 e. The van der Waals surface area contributed by atoms with Crippen LogP contribution in [-0.4, -0.2) is 14.9 Å². The molecule has 0 radical (unpaired) electrons. The highest BCUT2D eigenvalue weighted by Gasteiger charge is 2.31. The van der Waals surface area contributed by atoms with Crippen LogP contribution in [0.3, 0.4) is 0 Å². The maximum atomic E-state index is 13.8. The minimum Gasteiger partial charge on any atom is -0.334 e. The standard InChI is InChI=1S/C17H10F5N5O2/c18-10-4-5-12(19)13(7-10)26-16-14(27(28)29)15(23-8-24-16)25-11-3-1-2-9(6-11)17(20,21)22/h1-8H,(H2,23,24,25,26). The molecule has 0 saturated heterocycles. The van der Waals surface area contributed by atoms with Crippen molar-refractivity contribution < 1.29 is 26.9 Å². The van der Waals surface area contributed by atoms with E-state index in [1.54, 1.807) is 0 Å². The lowest BCUT2D eigenvalue weighted by molar-refractivity contribution is -0.383. The fraction of sp³-hybridized carbons (Fsp3) is 0.0588. The molecule has 150 valence electrons. The second kappa shape index (κ2) is 7.66. The number of nitrogens with zero attached hydrogens (tertiary/aromatic N) is 3. The number of halogens is 5. The van der Waals surface area contributed by atoms with Gasteiger partial charge in [0, 0.05) is 11.8 Å². The van der Waals surface area contributed by atoms with Gasteiger partial charge in [0.05, 0.1) is 16.2 Å². The van der Waals surface area contributed by atoms with Crippen molar-refractivity contribution in [3.63, 3.8) is 0 Å². The molecule has 0 fully saturated rings. The summed E-state index contributed by atoms with van der Waals surface area (Å²) in [6.45, 7) is 0. The number of nitrogens with one attached hydrogen (secondary N) is 2. The predicted octanol–water partition coefficient (Wildman–Crippen LogP) is 5.17. The monoisotopic (exact) mass is 411 g/mol. The molecular weight excluding hydrogens is 401 g/mol. The second-order valence-corrected chi connectivity index (χ2v) is 5.63. The molecule has 0 spiro atoms. The molecule has 0 saturated carbocycles. The van der Waals surface area contributed by atoms with Crippen LogP contribution >= 0.6 is 0 Å². The molecule has 0 aliphatic carbocycles. The summed E-state index contributed by atoms with van der Waals surface area (Å²) in [7, 11) is 0. The topological polar surface area (TPSA) is 93.0 Å². The van der Waals surface area contributed by atoms with Gasteiger partial charge >= 0.3 is 11.9 Å². The number of rotatable bonds is 5. The number of hydrogen-bond donors (Lipinski definition) is 2. The first-order valence-corrected chi connectivity index (χ1v) is 7.81. The molecule has 2 N–H and O–H groups in total. The number of alkyl halides is 3. The van der Waals surface area contributed by atoms with Crippen LogP contribution in [0.2, 0.25) is 0 Å². The summed E-state index contributed by atoms with van der Waals surface area (Å²) in [6.07, 6.45) is -3.74. The van der Waals surface area contributed by atoms with Gasteiger partial charge in [0.15, 0.2) is 0 Å². The van der Waals surface area contributed by atoms with Crippen molar-refractivity contribution in [2.75, 3.05) is 10.6 Å². The van der Waals surface area contributed by atoms with Gasteiger partial charge in [-0.2, -0.15) is 13.2 Å². The van der Waals surface area contributed by atoms with Crippen molar-refractivity contribution in [2.24, 2.45) is 0 Å². The highest BCUT2D eigenvalue weighted by atomic mass is 19.4. The van der Waals surface area contributed by atoms with Crippen LogP contribution in [0.15, 0.2) is 48.8 Å². The first-order chi connectivity index (χ1) is 13.6. The fourth-order valence-electron chi connectivity index (χ4n) is 2.37. The van der Waals surface area contributed by atoms with Crippen LogP contribution in [0.1, 0.15) is 5.56 Å². The van der Waals surface area contributed by atoms with E-state index >= 15 is 0 Å². The van der Waals surface area contributed by atoms with E-state index in [-0.39, 0.29) is 5.69 Å². The van der Waals surface area contributed by atoms with E-state index in [2.05, 4.69) is 20.6 Å². The average molecular weight is 411 g/mol. The van der Waals surface area contributed by atoms with Gasteiger partial charge in [-0.3, -0.25) is 10.1 Å². The number of nitro groups is 1. The SMILES string of the molecule is O=[N+]([O-])c1c(Nc2cccc(C(F)(F)F)c2)ncnc1Nc1cc(F)ccc1F. The third-order valence-electron chi connectivity index (χ3n) is 3.64. The summed E-state index contributed by atoms with van der Waals surface area (Å²) in [6, 6.07) is 6.37. The Hall–Kier alpha value is -3.83. The van der Waals surface area contributed by atoms with Gasteiger partial charge in [-0.15, -0.1) is 0 Å². The number of benzene rings is 2.